The first-order valence-corrected chi connectivity index (χ1v) is 28.5. The summed E-state index contributed by atoms with van der Waals surface area (Å²) in [4.78, 5) is 122. The largest absolute Gasteiger partial charge is 0.451 e. The van der Waals surface area contributed by atoms with E-state index in [1.807, 2.05) is 130 Å². The summed E-state index contributed by atoms with van der Waals surface area (Å²) < 4.78 is 27.8. The van der Waals surface area contributed by atoms with E-state index in [1.165, 1.54) is 51.8 Å². The molecule has 2 aromatic carbocycles. The topological polar surface area (TPSA) is 222 Å². The zero-order valence-corrected chi connectivity index (χ0v) is 51.0. The van der Waals surface area contributed by atoms with Gasteiger partial charge in [0.05, 0.1) is 0 Å². The van der Waals surface area contributed by atoms with Gasteiger partial charge in [0.2, 0.25) is 0 Å². The van der Waals surface area contributed by atoms with Gasteiger partial charge >= 0.3 is 23.9 Å². The molecule has 0 bridgehead atoms. The molecule has 1 saturated heterocycles. The second-order valence-corrected chi connectivity index (χ2v) is 23.7. The number of benzene rings is 2. The van der Waals surface area contributed by atoms with Crippen LogP contribution in [0.4, 0.5) is 0 Å². The second-order valence-electron chi connectivity index (χ2n) is 23.7. The Kier molecular flexibility index (Phi) is 23.6. The summed E-state index contributed by atoms with van der Waals surface area (Å²) >= 11 is 0. The first-order valence-electron chi connectivity index (χ1n) is 28.5. The van der Waals surface area contributed by atoms with Crippen molar-refractivity contribution >= 4 is 47.5 Å². The van der Waals surface area contributed by atoms with Gasteiger partial charge in [0.1, 0.15) is 24.2 Å². The second kappa shape index (κ2) is 29.6. The maximum atomic E-state index is 15.0. The molecule has 448 valence electrons. The molecule has 0 spiro atoms. The van der Waals surface area contributed by atoms with Crippen LogP contribution in [0.5, 0.6) is 0 Å². The van der Waals surface area contributed by atoms with Crippen LogP contribution in [-0.4, -0.2) is 163 Å². The predicted octanol–water partition coefficient (Wildman–Crippen LogP) is 6.31. The summed E-state index contributed by atoms with van der Waals surface area (Å²) in [5.74, 6) is -7.38. The molecule has 1 aliphatic rings. The van der Waals surface area contributed by atoms with Crippen LogP contribution in [0, 0.1) is 23.7 Å². The number of carbonyl (C=O) groups is 8. The minimum Gasteiger partial charge on any atom is -0.451 e. The molecule has 20 heteroatoms. The number of rotatable bonds is 16. The van der Waals surface area contributed by atoms with Gasteiger partial charge in [-0.2, -0.15) is 10.2 Å². The van der Waals surface area contributed by atoms with E-state index in [0.717, 1.165) is 32.3 Å². The van der Waals surface area contributed by atoms with Crippen molar-refractivity contribution in [2.24, 2.45) is 37.8 Å². The van der Waals surface area contributed by atoms with Crippen molar-refractivity contribution in [1.29, 1.82) is 0 Å². The predicted molar refractivity (Wildman–Crippen MR) is 307 cm³/mol. The van der Waals surface area contributed by atoms with Gasteiger partial charge in [-0.1, -0.05) is 104 Å². The summed E-state index contributed by atoms with van der Waals surface area (Å²) in [7, 11) is 9.29. The van der Waals surface area contributed by atoms with Gasteiger partial charge in [-0.05, 0) is 97.6 Å². The summed E-state index contributed by atoms with van der Waals surface area (Å²) in [6.45, 7) is 17.6. The third-order valence-electron chi connectivity index (χ3n) is 15.0. The van der Waals surface area contributed by atoms with Crippen LogP contribution < -0.4 is 0 Å². The van der Waals surface area contributed by atoms with Crippen molar-refractivity contribution in [3.05, 3.63) is 107 Å². The minimum absolute atomic E-state index is 0.0856. The minimum atomic E-state index is -1.53. The van der Waals surface area contributed by atoms with Gasteiger partial charge < -0.3 is 38.5 Å². The molecule has 5 rings (SSSR count). The van der Waals surface area contributed by atoms with Crippen molar-refractivity contribution in [2.75, 3.05) is 28.2 Å². The molecule has 0 radical (unpaired) electrons. The summed E-state index contributed by atoms with van der Waals surface area (Å²) in [6.07, 6.45) is -1.33. The van der Waals surface area contributed by atoms with Crippen LogP contribution >= 0.6 is 0 Å². The number of carbonyl (C=O) groups excluding carboxylic acids is 8. The molecular weight excluding hydrogens is 1050 g/mol. The van der Waals surface area contributed by atoms with Crippen LogP contribution in [0.3, 0.4) is 0 Å². The summed E-state index contributed by atoms with van der Waals surface area (Å²) in [6, 6.07) is 13.6. The van der Waals surface area contributed by atoms with E-state index < -0.39 is 96.1 Å². The zero-order chi connectivity index (χ0) is 60.9. The average Bonchev–Trinajstić information content (AvgIpc) is 4.03. The molecule has 82 heavy (non-hydrogen) atoms. The van der Waals surface area contributed by atoms with Crippen LogP contribution in [-0.2, 0) is 97.1 Å². The van der Waals surface area contributed by atoms with Gasteiger partial charge in [0.15, 0.2) is 24.4 Å². The number of esters is 4. The van der Waals surface area contributed by atoms with E-state index in [-0.39, 0.29) is 62.2 Å². The van der Waals surface area contributed by atoms with Gasteiger partial charge in [-0.3, -0.25) is 28.5 Å². The highest BCUT2D eigenvalue weighted by molar-refractivity contribution is 5.94. The average molecular weight is 1140 g/mol. The van der Waals surface area contributed by atoms with E-state index in [0.29, 0.717) is 24.0 Å². The van der Waals surface area contributed by atoms with E-state index in [2.05, 4.69) is 10.2 Å². The smallest absolute Gasteiger partial charge is 0.329 e. The molecule has 20 nitrogen and oxygen atoms in total. The van der Waals surface area contributed by atoms with Gasteiger partial charge in [0.25, 0.3) is 23.6 Å². The fourth-order valence-corrected chi connectivity index (χ4v) is 10.1. The summed E-state index contributed by atoms with van der Waals surface area (Å²) in [5.41, 5.74) is 5.13. The first-order chi connectivity index (χ1) is 38.6. The van der Waals surface area contributed by atoms with Crippen molar-refractivity contribution in [1.82, 2.24) is 39.2 Å². The molecule has 0 aliphatic carbocycles. The van der Waals surface area contributed by atoms with Crippen LogP contribution in [0.1, 0.15) is 129 Å². The van der Waals surface area contributed by atoms with Gasteiger partial charge in [-0.15, -0.1) is 0 Å². The number of nitrogens with zero attached hydrogens (tertiary/aromatic N) is 8. The summed E-state index contributed by atoms with van der Waals surface area (Å²) in [5, 5.41) is 8.52. The molecule has 0 saturated carbocycles. The quantitative estimate of drug-likeness (QED) is 0.0886. The monoisotopic (exact) mass is 1140 g/mol. The van der Waals surface area contributed by atoms with Crippen LogP contribution in [0.2, 0.25) is 0 Å². The number of likely N-dealkylation sites (N-methyl/N-ethyl adjacent to an activating group) is 4. The number of hydrogen-bond donors (Lipinski definition) is 0. The Bertz CT molecular complexity index is 2620. The van der Waals surface area contributed by atoms with E-state index in [4.69, 9.17) is 18.9 Å². The maximum Gasteiger partial charge on any atom is 0.329 e. The molecule has 0 N–H and O–H groups in total. The number of aromatic nitrogens is 4. The Morgan fingerprint density at radius 2 is 0.634 bits per heavy atom. The number of aryl methyl sites for hydroxylation is 2. The molecule has 2 aromatic heterocycles. The Morgan fingerprint density at radius 3 is 0.890 bits per heavy atom. The van der Waals surface area contributed by atoms with Crippen molar-refractivity contribution in [2.45, 2.75) is 169 Å². The number of hydrogen-bond acceptors (Lipinski definition) is 14. The van der Waals surface area contributed by atoms with E-state index in [9.17, 15) is 28.8 Å². The molecule has 4 aromatic rings. The van der Waals surface area contributed by atoms with Crippen molar-refractivity contribution < 1.29 is 57.3 Å². The molecule has 4 amide bonds. The molecule has 0 unspecified atom stereocenters. The zero-order valence-electron chi connectivity index (χ0n) is 51.0. The lowest BCUT2D eigenvalue weighted by Gasteiger charge is -2.35. The number of amides is 4. The first kappa shape index (κ1) is 65.4. The fraction of sp³-hybridized carbons (Fsp3) is 0.581. The molecule has 8 atom stereocenters. The highest BCUT2D eigenvalue weighted by atomic mass is 16.6. The Labute approximate surface area is 484 Å². The van der Waals surface area contributed by atoms with Crippen LogP contribution in [0.25, 0.3) is 0 Å². The molecule has 1 fully saturated rings. The fourth-order valence-electron chi connectivity index (χ4n) is 10.1. The highest BCUT2D eigenvalue weighted by Gasteiger charge is 2.43. The lowest BCUT2D eigenvalue weighted by molar-refractivity contribution is -0.176. The molecule has 3 heterocycles. The normalized spacial score (nSPS) is 23.0. The SMILES string of the molecule is CC(C)C[C@H]1C(=O)O[C@H](Cc2ccc(Cc3ccnn3C)cc2)C(=O)N(C)[C@@H](CC(C)C)C(=O)O[C@H](C)C(=O)N(C)[C@@H](CC(C)C)C(=O)O[C@H](Cc2ccc(Cc3ccnn3C)cc2)C(=O)N(C)[C@@H](CC(C)C)C(=O)O[C@H](C)C(=O)N1C. The lowest BCUT2D eigenvalue weighted by Crippen LogP contribution is -2.55. The Balaban J connectivity index is 1.59. The molecule has 1 aliphatic heterocycles. The Morgan fingerprint density at radius 1 is 0.378 bits per heavy atom. The van der Waals surface area contributed by atoms with E-state index in [1.54, 1.807) is 21.8 Å². The van der Waals surface area contributed by atoms with Crippen LogP contribution in [0.15, 0.2) is 73.1 Å². The highest BCUT2D eigenvalue weighted by Crippen LogP contribution is 2.25. The van der Waals surface area contributed by atoms with Gasteiger partial charge in [-0.25, -0.2) is 19.2 Å². The Hall–Kier alpha value is -7.38. The third-order valence-corrected chi connectivity index (χ3v) is 15.0. The maximum absolute atomic E-state index is 15.0. The van der Waals surface area contributed by atoms with Gasteiger partial charge in [0, 0.05) is 91.8 Å². The van der Waals surface area contributed by atoms with E-state index >= 15 is 9.59 Å². The standard InChI is InChI=1S/C62H88N8O12/c1-37(2)29-49-59(75)79-41(9)55(71)65(11)52(32-40(7)8)62(78)82-54(36-46-23-19-44(20-24-46)34-48-26-28-64-70(48)16)58(74)68(14)50(30-38(3)4)60(76)80-42(10)56(72)66(12)51(31-39(5)6)61(77)81-53(57(73)67(49)13)35-45-21-17-43(18-22-45)33-47-25-27-63-69(47)15/h17-28,37-42,49-54H,29-36H2,1-16H3/t41-,42-,49+,50+,51+,52+,53-,54-/m1/s1. The van der Waals surface area contributed by atoms with Crippen molar-refractivity contribution in [3.63, 3.8) is 0 Å². The number of ether oxygens (including phenoxy) is 4. The lowest BCUT2D eigenvalue weighted by atomic mass is 9.99. The third kappa shape index (κ3) is 17.8. The molecular formula is C62H88N8O12. The van der Waals surface area contributed by atoms with Crippen molar-refractivity contribution in [3.8, 4) is 0 Å². The number of cyclic esters (lactones) is 4.